The molecule has 6 heteroatoms. The van der Waals surface area contributed by atoms with Crippen LogP contribution in [0.3, 0.4) is 0 Å². The Kier molecular flexibility index (Phi) is 4.79. The van der Waals surface area contributed by atoms with Crippen molar-refractivity contribution in [3.8, 4) is 0 Å². The Morgan fingerprint density at radius 1 is 1.15 bits per heavy atom. The Morgan fingerprint density at radius 2 is 1.96 bits per heavy atom. The highest BCUT2D eigenvalue weighted by Gasteiger charge is 2.33. The lowest BCUT2D eigenvalue weighted by Crippen LogP contribution is -2.36. The van der Waals surface area contributed by atoms with Gasteiger partial charge in [-0.15, -0.1) is 0 Å². The van der Waals surface area contributed by atoms with Crippen LogP contribution in [-0.2, 0) is 9.59 Å². The molecule has 0 radical (unpaired) electrons. The van der Waals surface area contributed by atoms with Crippen molar-refractivity contribution in [1.29, 1.82) is 0 Å². The predicted octanol–water partition coefficient (Wildman–Crippen LogP) is 2.55. The molecule has 1 unspecified atom stereocenters. The van der Waals surface area contributed by atoms with Gasteiger partial charge in [0, 0.05) is 56.4 Å². The van der Waals surface area contributed by atoms with E-state index in [1.54, 1.807) is 12.4 Å². The topological polar surface area (TPSA) is 65.5 Å². The number of aryl methyl sites for hydroxylation is 1. The second-order valence-corrected chi connectivity index (χ2v) is 7.26. The second-order valence-electron chi connectivity index (χ2n) is 7.26. The molecule has 140 valence electrons. The maximum atomic E-state index is 12.9. The van der Waals surface area contributed by atoms with E-state index in [9.17, 15) is 9.59 Å². The van der Waals surface area contributed by atoms with E-state index in [1.807, 2.05) is 42.2 Å². The number of nitrogens with one attached hydrogen (secondary N) is 1. The van der Waals surface area contributed by atoms with Gasteiger partial charge in [0.05, 0.1) is 5.92 Å². The lowest BCUT2D eigenvalue weighted by atomic mass is 9.95. The van der Waals surface area contributed by atoms with Crippen LogP contribution in [0.25, 0.3) is 0 Å². The van der Waals surface area contributed by atoms with Crippen LogP contribution in [0.15, 0.2) is 42.7 Å². The highest BCUT2D eigenvalue weighted by atomic mass is 16.2. The number of hydrogen-bond donors (Lipinski definition) is 1. The highest BCUT2D eigenvalue weighted by Crippen LogP contribution is 2.35. The fourth-order valence-electron chi connectivity index (χ4n) is 3.93. The van der Waals surface area contributed by atoms with Gasteiger partial charge in [0.1, 0.15) is 0 Å². The zero-order valence-electron chi connectivity index (χ0n) is 15.5. The molecule has 3 heterocycles. The average Bonchev–Trinajstić information content (AvgIpc) is 2.86. The van der Waals surface area contributed by atoms with E-state index in [2.05, 4.69) is 15.2 Å². The van der Waals surface area contributed by atoms with Crippen molar-refractivity contribution < 1.29 is 9.59 Å². The second kappa shape index (κ2) is 7.39. The molecule has 1 N–H and O–H groups in total. The molecule has 27 heavy (non-hydrogen) atoms. The summed E-state index contributed by atoms with van der Waals surface area (Å²) in [5, 5.41) is 2.90. The van der Waals surface area contributed by atoms with Gasteiger partial charge in [0.2, 0.25) is 11.8 Å². The van der Waals surface area contributed by atoms with Gasteiger partial charge in [0.15, 0.2) is 0 Å². The third-order valence-corrected chi connectivity index (χ3v) is 5.41. The maximum absolute atomic E-state index is 12.9. The molecule has 0 spiro atoms. The van der Waals surface area contributed by atoms with E-state index in [-0.39, 0.29) is 24.2 Å². The van der Waals surface area contributed by atoms with Gasteiger partial charge in [-0.2, -0.15) is 0 Å². The summed E-state index contributed by atoms with van der Waals surface area (Å²) in [7, 11) is 0. The molecule has 2 aliphatic heterocycles. The predicted molar refractivity (Wildman–Crippen MR) is 105 cm³/mol. The molecule has 1 aromatic carbocycles. The van der Waals surface area contributed by atoms with Crippen molar-refractivity contribution in [2.24, 2.45) is 0 Å². The van der Waals surface area contributed by atoms with E-state index >= 15 is 0 Å². The fourth-order valence-corrected chi connectivity index (χ4v) is 3.93. The van der Waals surface area contributed by atoms with Gasteiger partial charge in [-0.1, -0.05) is 17.7 Å². The van der Waals surface area contributed by atoms with Crippen LogP contribution in [0.4, 0.5) is 11.4 Å². The molecular weight excluding hydrogens is 340 g/mol. The van der Waals surface area contributed by atoms with Crippen LogP contribution in [-0.4, -0.2) is 47.9 Å². The van der Waals surface area contributed by atoms with E-state index in [4.69, 9.17) is 0 Å². The van der Waals surface area contributed by atoms with Crippen molar-refractivity contribution >= 4 is 23.2 Å². The van der Waals surface area contributed by atoms with Gasteiger partial charge in [-0.3, -0.25) is 14.6 Å². The zero-order valence-corrected chi connectivity index (χ0v) is 15.5. The van der Waals surface area contributed by atoms with Crippen LogP contribution in [0.1, 0.15) is 29.9 Å². The quantitative estimate of drug-likeness (QED) is 0.909. The van der Waals surface area contributed by atoms with Crippen LogP contribution < -0.4 is 10.2 Å². The molecule has 6 nitrogen and oxygen atoms in total. The molecule has 0 saturated carbocycles. The molecular formula is C21H24N4O2. The Balaban J connectivity index is 1.42. The maximum Gasteiger partial charge on any atom is 0.232 e. The van der Waals surface area contributed by atoms with Gasteiger partial charge >= 0.3 is 0 Å². The summed E-state index contributed by atoms with van der Waals surface area (Å²) in [5.74, 6) is -0.398. The first-order valence-electron chi connectivity index (χ1n) is 9.46. The van der Waals surface area contributed by atoms with Crippen LogP contribution in [0, 0.1) is 6.92 Å². The first-order chi connectivity index (χ1) is 13.1. The Bertz CT molecular complexity index is 853. The summed E-state index contributed by atoms with van der Waals surface area (Å²) < 4.78 is 0. The molecule has 0 aliphatic carbocycles. The molecule has 1 saturated heterocycles. The summed E-state index contributed by atoms with van der Waals surface area (Å²) in [4.78, 5) is 33.5. The molecule has 2 aliphatic rings. The Morgan fingerprint density at radius 3 is 2.78 bits per heavy atom. The highest BCUT2D eigenvalue weighted by molar-refractivity contribution is 6.05. The summed E-state index contributed by atoms with van der Waals surface area (Å²) in [6, 6.07) is 9.91. The van der Waals surface area contributed by atoms with Crippen molar-refractivity contribution in [2.45, 2.75) is 25.7 Å². The third-order valence-electron chi connectivity index (χ3n) is 5.41. The van der Waals surface area contributed by atoms with Crippen molar-refractivity contribution in [3.05, 3.63) is 53.9 Å². The number of fused-ring (bicyclic) bond motifs is 1. The first kappa shape index (κ1) is 17.5. The number of aromatic nitrogens is 1. The van der Waals surface area contributed by atoms with Crippen LogP contribution in [0.5, 0.6) is 0 Å². The van der Waals surface area contributed by atoms with E-state index < -0.39 is 0 Å². The normalized spacial score (nSPS) is 19.4. The fraction of sp³-hybridized carbons (Fsp3) is 0.381. The largest absolute Gasteiger partial charge is 0.370 e. The van der Waals surface area contributed by atoms with Crippen molar-refractivity contribution in [2.75, 3.05) is 36.4 Å². The third kappa shape index (κ3) is 3.65. The average molecular weight is 364 g/mol. The van der Waals surface area contributed by atoms with E-state index in [0.717, 1.165) is 48.6 Å². The van der Waals surface area contributed by atoms with Gasteiger partial charge in [-0.25, -0.2) is 0 Å². The number of pyridine rings is 1. The minimum atomic E-state index is -0.382. The van der Waals surface area contributed by atoms with E-state index in [0.29, 0.717) is 6.54 Å². The number of anilines is 2. The molecule has 2 aromatic rings. The van der Waals surface area contributed by atoms with Gasteiger partial charge in [0.25, 0.3) is 0 Å². The lowest BCUT2D eigenvalue weighted by Gasteiger charge is -2.24. The van der Waals surface area contributed by atoms with Crippen LogP contribution in [0.2, 0.25) is 0 Å². The standard InChI is InChI=1S/C21H24N4O2/c1-15-3-4-19-17(13-15)18(21(27)23-19)14-20(26)25-10-2-9-24(11-12-25)16-5-7-22-8-6-16/h3-8,13,18H,2,9-12,14H2,1H3,(H,23,27). The molecule has 1 atom stereocenters. The molecule has 4 rings (SSSR count). The summed E-state index contributed by atoms with van der Waals surface area (Å²) in [6.45, 7) is 5.12. The number of nitrogens with zero attached hydrogens (tertiary/aromatic N) is 3. The number of amides is 2. The zero-order chi connectivity index (χ0) is 18.8. The minimum absolute atomic E-state index is 0.0566. The van der Waals surface area contributed by atoms with Gasteiger partial charge in [-0.05, 0) is 37.1 Å². The molecule has 2 amide bonds. The first-order valence-corrected chi connectivity index (χ1v) is 9.46. The minimum Gasteiger partial charge on any atom is -0.370 e. The number of carbonyl (C=O) groups is 2. The van der Waals surface area contributed by atoms with E-state index in [1.165, 1.54) is 0 Å². The smallest absolute Gasteiger partial charge is 0.232 e. The molecule has 1 fully saturated rings. The number of benzene rings is 1. The summed E-state index contributed by atoms with van der Waals surface area (Å²) in [5.41, 5.74) is 4.02. The molecule has 0 bridgehead atoms. The number of rotatable bonds is 3. The lowest BCUT2D eigenvalue weighted by molar-refractivity contribution is -0.133. The van der Waals surface area contributed by atoms with Crippen molar-refractivity contribution in [1.82, 2.24) is 9.88 Å². The number of hydrogen-bond acceptors (Lipinski definition) is 4. The monoisotopic (exact) mass is 364 g/mol. The summed E-state index contributed by atoms with van der Waals surface area (Å²) in [6.07, 6.45) is 4.74. The Labute approximate surface area is 159 Å². The van der Waals surface area contributed by atoms with Crippen LogP contribution >= 0.6 is 0 Å². The van der Waals surface area contributed by atoms with Crippen molar-refractivity contribution in [3.63, 3.8) is 0 Å². The SMILES string of the molecule is Cc1ccc2c(c1)C(CC(=O)N1CCCN(c3ccncc3)CC1)C(=O)N2. The number of carbonyl (C=O) groups excluding carboxylic acids is 2. The molecule has 1 aromatic heterocycles. The van der Waals surface area contributed by atoms with Gasteiger partial charge < -0.3 is 15.1 Å². The Hall–Kier alpha value is -2.89. The summed E-state index contributed by atoms with van der Waals surface area (Å²) >= 11 is 0.